The first-order valence-corrected chi connectivity index (χ1v) is 11.5. The molecule has 7 nitrogen and oxygen atoms in total. The van der Waals surface area contributed by atoms with Crippen LogP contribution in [0.25, 0.3) is 17.5 Å². The van der Waals surface area contributed by atoms with E-state index in [1.165, 1.54) is 11.0 Å². The van der Waals surface area contributed by atoms with Crippen LogP contribution in [0.2, 0.25) is 0 Å². The van der Waals surface area contributed by atoms with E-state index in [-0.39, 0.29) is 10.7 Å². The summed E-state index contributed by atoms with van der Waals surface area (Å²) < 4.78 is 5.81. The molecule has 0 spiro atoms. The third-order valence-corrected chi connectivity index (χ3v) is 5.81. The van der Waals surface area contributed by atoms with Crippen molar-refractivity contribution in [3.63, 3.8) is 0 Å². The molecule has 8 heteroatoms. The zero-order valence-corrected chi connectivity index (χ0v) is 20.0. The number of para-hydroxylation sites is 1. The Morgan fingerprint density at radius 2 is 1.53 bits per heavy atom. The largest absolute Gasteiger partial charge is 0.457 e. The van der Waals surface area contributed by atoms with Gasteiger partial charge >= 0.3 is 0 Å². The van der Waals surface area contributed by atoms with E-state index in [9.17, 15) is 9.59 Å². The van der Waals surface area contributed by atoms with Crippen molar-refractivity contribution < 1.29 is 14.3 Å². The number of carbonyl (C=O) groups is 2. The summed E-state index contributed by atoms with van der Waals surface area (Å²) in [4.78, 5) is 36.3. The van der Waals surface area contributed by atoms with Crippen LogP contribution in [0.5, 0.6) is 11.5 Å². The van der Waals surface area contributed by atoms with Crippen LogP contribution in [0.15, 0.2) is 96.7 Å². The van der Waals surface area contributed by atoms with Crippen LogP contribution in [0, 0.1) is 6.92 Å². The number of nitrogens with zero attached hydrogens (tertiary/aromatic N) is 3. The third kappa shape index (κ3) is 4.75. The maximum absolute atomic E-state index is 13.4. The van der Waals surface area contributed by atoms with Gasteiger partial charge in [0.2, 0.25) is 0 Å². The van der Waals surface area contributed by atoms with Gasteiger partial charge in [-0.15, -0.1) is 0 Å². The van der Waals surface area contributed by atoms with Gasteiger partial charge in [0.15, 0.2) is 10.9 Å². The summed E-state index contributed by atoms with van der Waals surface area (Å²) in [5.41, 5.74) is 2.52. The fraction of sp³-hybridized carbons (Fsp3) is 0.0357. The average molecular weight is 493 g/mol. The van der Waals surface area contributed by atoms with Crippen molar-refractivity contribution in [2.45, 2.75) is 6.92 Å². The Hall–Kier alpha value is -4.69. The number of benzene rings is 3. The van der Waals surface area contributed by atoms with Crippen LogP contribution in [-0.2, 0) is 9.59 Å². The fourth-order valence-electron chi connectivity index (χ4n) is 3.68. The average Bonchev–Trinajstić information content (AvgIpc) is 2.89. The number of aryl methyl sites for hydroxylation is 1. The van der Waals surface area contributed by atoms with Gasteiger partial charge in [-0.05, 0) is 61.6 Å². The van der Waals surface area contributed by atoms with Gasteiger partial charge in [0.25, 0.3) is 11.8 Å². The first-order valence-electron chi connectivity index (χ1n) is 11.1. The van der Waals surface area contributed by atoms with E-state index in [1.54, 1.807) is 37.4 Å². The number of carbonyl (C=O) groups excluding carboxylic acids is 2. The smallest absolute Gasteiger partial charge is 0.270 e. The van der Waals surface area contributed by atoms with Crippen molar-refractivity contribution in [3.05, 3.63) is 108 Å². The van der Waals surface area contributed by atoms with E-state index >= 15 is 0 Å². The molecule has 1 fully saturated rings. The number of amides is 2. The standard InChI is InChI=1S/C28H20N4O3S/c1-18-20(17-29-25(30-18)19-8-4-2-5-9-19)16-24-26(33)31-28(36)32(27(24)34)21-12-14-23(15-13-21)35-22-10-6-3-7-11-22/h2-17H,1H3,(H,31,33,36)/b24-16+. The van der Waals surface area contributed by atoms with E-state index in [2.05, 4.69) is 15.3 Å². The highest BCUT2D eigenvalue weighted by atomic mass is 32.1. The van der Waals surface area contributed by atoms with E-state index in [1.807, 2.05) is 60.7 Å². The highest BCUT2D eigenvalue weighted by Crippen LogP contribution is 2.27. The minimum atomic E-state index is -0.572. The Balaban J connectivity index is 1.41. The predicted octanol–water partition coefficient (Wildman–Crippen LogP) is 5.08. The molecule has 3 aromatic carbocycles. The van der Waals surface area contributed by atoms with Crippen LogP contribution in [-0.4, -0.2) is 26.9 Å². The molecule has 0 atom stereocenters. The van der Waals surface area contributed by atoms with Gasteiger partial charge in [0.1, 0.15) is 17.1 Å². The zero-order valence-electron chi connectivity index (χ0n) is 19.2. The molecular formula is C28H20N4O3S. The summed E-state index contributed by atoms with van der Waals surface area (Å²) >= 11 is 5.31. The van der Waals surface area contributed by atoms with Gasteiger partial charge < -0.3 is 4.74 Å². The molecule has 1 N–H and O–H groups in total. The maximum atomic E-state index is 13.4. The van der Waals surface area contributed by atoms with Crippen LogP contribution >= 0.6 is 12.2 Å². The summed E-state index contributed by atoms with van der Waals surface area (Å²) in [6.07, 6.45) is 3.09. The Bertz CT molecular complexity index is 1490. The summed E-state index contributed by atoms with van der Waals surface area (Å²) in [6, 6.07) is 25.8. The van der Waals surface area contributed by atoms with Crippen molar-refractivity contribution in [2.75, 3.05) is 4.90 Å². The fourth-order valence-corrected chi connectivity index (χ4v) is 3.96. The molecule has 1 aliphatic heterocycles. The minimum Gasteiger partial charge on any atom is -0.457 e. The molecule has 0 bridgehead atoms. The van der Waals surface area contributed by atoms with Crippen molar-refractivity contribution >= 4 is 40.9 Å². The van der Waals surface area contributed by atoms with Crippen molar-refractivity contribution in [3.8, 4) is 22.9 Å². The van der Waals surface area contributed by atoms with Gasteiger partial charge in [-0.3, -0.25) is 19.8 Å². The van der Waals surface area contributed by atoms with E-state index in [0.717, 1.165) is 5.56 Å². The number of rotatable bonds is 5. The highest BCUT2D eigenvalue weighted by Gasteiger charge is 2.34. The summed E-state index contributed by atoms with van der Waals surface area (Å²) in [5, 5.41) is 2.60. The molecule has 0 radical (unpaired) electrons. The first-order chi connectivity index (χ1) is 17.5. The van der Waals surface area contributed by atoms with Crippen LogP contribution < -0.4 is 15.0 Å². The number of ether oxygens (including phenoxy) is 1. The molecular weight excluding hydrogens is 472 g/mol. The van der Waals surface area contributed by atoms with Crippen molar-refractivity contribution in [1.82, 2.24) is 15.3 Å². The highest BCUT2D eigenvalue weighted by molar-refractivity contribution is 7.80. The van der Waals surface area contributed by atoms with E-state index in [4.69, 9.17) is 17.0 Å². The molecule has 36 heavy (non-hydrogen) atoms. The topological polar surface area (TPSA) is 84.4 Å². The molecule has 176 valence electrons. The Kier molecular flexibility index (Phi) is 6.34. The zero-order chi connectivity index (χ0) is 25.1. The lowest BCUT2D eigenvalue weighted by molar-refractivity contribution is -0.122. The number of anilines is 1. The molecule has 1 aliphatic rings. The van der Waals surface area contributed by atoms with E-state index in [0.29, 0.717) is 34.3 Å². The lowest BCUT2D eigenvalue weighted by Crippen LogP contribution is -2.54. The Morgan fingerprint density at radius 1 is 0.889 bits per heavy atom. The minimum absolute atomic E-state index is 0.00581. The normalized spacial score (nSPS) is 14.6. The number of hydrogen-bond donors (Lipinski definition) is 1. The molecule has 1 aromatic heterocycles. The maximum Gasteiger partial charge on any atom is 0.270 e. The van der Waals surface area contributed by atoms with Crippen LogP contribution in [0.1, 0.15) is 11.3 Å². The molecule has 5 rings (SSSR count). The second-order valence-electron chi connectivity index (χ2n) is 7.97. The Labute approximate surface area is 213 Å². The number of thiocarbonyl (C=S) groups is 1. The molecule has 2 heterocycles. The SMILES string of the molecule is Cc1nc(-c2ccccc2)ncc1/C=C1\C(=O)NC(=S)N(c2ccc(Oc3ccccc3)cc2)C1=O. The quantitative estimate of drug-likeness (QED) is 0.238. The summed E-state index contributed by atoms with van der Waals surface area (Å²) in [6.45, 7) is 1.81. The van der Waals surface area contributed by atoms with Crippen molar-refractivity contribution in [1.29, 1.82) is 0 Å². The van der Waals surface area contributed by atoms with Gasteiger partial charge in [-0.1, -0.05) is 48.5 Å². The van der Waals surface area contributed by atoms with Crippen molar-refractivity contribution in [2.24, 2.45) is 0 Å². The number of hydrogen-bond acceptors (Lipinski definition) is 6. The monoisotopic (exact) mass is 492 g/mol. The third-order valence-electron chi connectivity index (χ3n) is 5.52. The van der Waals surface area contributed by atoms with Gasteiger partial charge in [-0.2, -0.15) is 0 Å². The number of nitrogens with one attached hydrogen (secondary N) is 1. The van der Waals surface area contributed by atoms with Gasteiger partial charge in [-0.25, -0.2) is 9.97 Å². The molecule has 0 aliphatic carbocycles. The Morgan fingerprint density at radius 3 is 2.19 bits per heavy atom. The number of aromatic nitrogens is 2. The predicted molar refractivity (Wildman–Crippen MR) is 141 cm³/mol. The van der Waals surface area contributed by atoms with Crippen LogP contribution in [0.4, 0.5) is 5.69 Å². The first kappa shape index (κ1) is 23.1. The second-order valence-corrected chi connectivity index (χ2v) is 8.35. The molecule has 1 saturated heterocycles. The second kappa shape index (κ2) is 9.89. The van der Waals surface area contributed by atoms with Crippen LogP contribution in [0.3, 0.4) is 0 Å². The van der Waals surface area contributed by atoms with Gasteiger partial charge in [0.05, 0.1) is 5.69 Å². The lowest BCUT2D eigenvalue weighted by Gasteiger charge is -2.29. The summed E-state index contributed by atoms with van der Waals surface area (Å²) in [5.74, 6) is 0.758. The molecule has 4 aromatic rings. The lowest BCUT2D eigenvalue weighted by atomic mass is 10.1. The molecule has 0 unspecified atom stereocenters. The molecule has 0 saturated carbocycles. The summed E-state index contributed by atoms with van der Waals surface area (Å²) in [7, 11) is 0. The van der Waals surface area contributed by atoms with Gasteiger partial charge in [0, 0.05) is 23.0 Å². The molecule has 2 amide bonds. The van der Waals surface area contributed by atoms with E-state index < -0.39 is 11.8 Å².